The number of hydrogen-bond acceptors (Lipinski definition) is 0. The first-order valence-electron chi connectivity index (χ1n) is 26.6. The molecule has 354 valence electrons. The Morgan fingerprint density at radius 1 is 0.276 bits per heavy atom. The van der Waals surface area contributed by atoms with Gasteiger partial charge in [0.1, 0.15) is 0 Å². The van der Waals surface area contributed by atoms with Gasteiger partial charge in [-0.1, -0.05) is 231 Å². The number of aromatic nitrogens is 2. The summed E-state index contributed by atoms with van der Waals surface area (Å²) in [6, 6.07) is 95.6. The highest BCUT2D eigenvalue weighted by Crippen LogP contribution is 2.51. The minimum absolute atomic E-state index is 0.860. The molecule has 0 spiro atoms. The lowest BCUT2D eigenvalue weighted by molar-refractivity contribution is 0.828. The van der Waals surface area contributed by atoms with E-state index in [4.69, 9.17) is 0 Å². The van der Waals surface area contributed by atoms with E-state index in [1.807, 2.05) is 0 Å². The summed E-state index contributed by atoms with van der Waals surface area (Å²) in [5, 5.41) is 19.8. The first-order valence-corrected chi connectivity index (χ1v) is 26.6. The van der Waals surface area contributed by atoms with Crippen molar-refractivity contribution >= 4 is 108 Å². The van der Waals surface area contributed by atoms with Crippen molar-refractivity contribution in [3.63, 3.8) is 0 Å². The van der Waals surface area contributed by atoms with Crippen LogP contribution in [0.2, 0.25) is 0 Å². The molecule has 1 N–H and O–H groups in total. The van der Waals surface area contributed by atoms with E-state index in [1.54, 1.807) is 0 Å². The van der Waals surface area contributed by atoms with Crippen LogP contribution in [0.3, 0.4) is 0 Å². The third-order valence-electron chi connectivity index (χ3n) is 16.7. The van der Waals surface area contributed by atoms with Crippen LogP contribution in [0.4, 0.5) is 0 Å². The van der Waals surface area contributed by atoms with Gasteiger partial charge in [-0.15, -0.1) is 0 Å². The molecule has 0 amide bonds. The Morgan fingerprint density at radius 3 is 1.17 bits per heavy atom. The topological polar surface area (TPSA) is 20.7 Å². The number of nitrogens with zero attached hydrogens (tertiary/aromatic N) is 1. The molecule has 76 heavy (non-hydrogen) atoms. The highest BCUT2D eigenvalue weighted by molar-refractivity contribution is 6.30. The summed E-state index contributed by atoms with van der Waals surface area (Å²) in [7, 11) is 0. The van der Waals surface area contributed by atoms with Crippen LogP contribution in [0.5, 0.6) is 0 Å². The lowest BCUT2D eigenvalue weighted by Crippen LogP contribution is -1.97. The van der Waals surface area contributed by atoms with E-state index in [1.165, 1.54) is 153 Å². The molecule has 2 heteroatoms. The maximum absolute atomic E-state index is 3.89. The van der Waals surface area contributed by atoms with Crippen LogP contribution in [-0.4, -0.2) is 9.55 Å². The van der Waals surface area contributed by atoms with Crippen LogP contribution in [0.1, 0.15) is 6.92 Å². The zero-order valence-electron chi connectivity index (χ0n) is 41.9. The van der Waals surface area contributed by atoms with Crippen LogP contribution in [0.15, 0.2) is 255 Å². The Balaban J connectivity index is 1.10. The molecule has 2 aromatic heterocycles. The van der Waals surface area contributed by atoms with E-state index in [9.17, 15) is 0 Å². The molecule has 0 aliphatic rings. The number of aryl methyl sites for hydroxylation is 1. The van der Waals surface area contributed by atoms with Gasteiger partial charge in [-0.25, -0.2) is 0 Å². The number of aromatic amines is 1. The lowest BCUT2D eigenvalue weighted by atomic mass is 9.81. The van der Waals surface area contributed by atoms with Crippen LogP contribution in [0.25, 0.3) is 164 Å². The molecule has 14 aromatic carbocycles. The van der Waals surface area contributed by atoms with Crippen molar-refractivity contribution in [3.05, 3.63) is 255 Å². The summed E-state index contributed by atoms with van der Waals surface area (Å²) in [6.45, 7) is 3.14. The van der Waals surface area contributed by atoms with Crippen molar-refractivity contribution < 1.29 is 0 Å². The molecule has 16 aromatic rings. The molecule has 0 fully saturated rings. The second-order valence-corrected chi connectivity index (χ2v) is 20.5. The predicted molar refractivity (Wildman–Crippen MR) is 327 cm³/mol. The van der Waals surface area contributed by atoms with E-state index in [-0.39, 0.29) is 0 Å². The molecular weight excluding hydrogens is 917 g/mol. The largest absolute Gasteiger partial charge is 0.354 e. The van der Waals surface area contributed by atoms with Gasteiger partial charge in [0.05, 0.1) is 11.0 Å². The van der Waals surface area contributed by atoms with Crippen LogP contribution < -0.4 is 0 Å². The van der Waals surface area contributed by atoms with Crippen LogP contribution in [0, 0.1) is 0 Å². The zero-order valence-corrected chi connectivity index (χ0v) is 41.9. The first kappa shape index (κ1) is 42.7. The molecule has 2 nitrogen and oxygen atoms in total. The fourth-order valence-electron chi connectivity index (χ4n) is 13.5. The average Bonchev–Trinajstić information content (AvgIpc) is 4.12. The van der Waals surface area contributed by atoms with Gasteiger partial charge in [0.2, 0.25) is 0 Å². The van der Waals surface area contributed by atoms with E-state index < -0.39 is 0 Å². The number of rotatable bonds is 6. The molecule has 0 saturated heterocycles. The van der Waals surface area contributed by atoms with Gasteiger partial charge in [0.25, 0.3) is 0 Å². The highest BCUT2D eigenvalue weighted by atomic mass is 15.0. The minimum Gasteiger partial charge on any atom is -0.354 e. The van der Waals surface area contributed by atoms with Gasteiger partial charge in [0, 0.05) is 50.2 Å². The molecule has 2 heterocycles. The van der Waals surface area contributed by atoms with Gasteiger partial charge >= 0.3 is 0 Å². The second-order valence-electron chi connectivity index (χ2n) is 20.5. The molecule has 0 aliphatic carbocycles. The third kappa shape index (κ3) is 6.16. The zero-order chi connectivity index (χ0) is 50.0. The molecule has 0 atom stereocenters. The summed E-state index contributed by atoms with van der Waals surface area (Å²) in [4.78, 5) is 3.89. The van der Waals surface area contributed by atoms with Crippen molar-refractivity contribution in [1.82, 2.24) is 9.55 Å². The molecule has 0 bridgehead atoms. The number of hydrogen-bond donors (Lipinski definition) is 1. The highest BCUT2D eigenvalue weighted by Gasteiger charge is 2.24. The number of nitrogens with one attached hydrogen (secondary N) is 1. The summed E-state index contributed by atoms with van der Waals surface area (Å²) in [5.41, 5.74) is 17.1. The summed E-state index contributed by atoms with van der Waals surface area (Å²) < 4.78 is 2.52. The van der Waals surface area contributed by atoms with Crippen molar-refractivity contribution in [2.45, 2.75) is 13.5 Å². The van der Waals surface area contributed by atoms with E-state index >= 15 is 0 Å². The maximum Gasteiger partial charge on any atom is 0.0571 e. The number of para-hydroxylation sites is 4. The molecule has 0 radical (unpaired) electrons. The third-order valence-corrected chi connectivity index (χ3v) is 16.7. The molecule has 16 rings (SSSR count). The molecule has 0 aliphatic heterocycles. The van der Waals surface area contributed by atoms with E-state index in [0.717, 1.165) is 17.6 Å². The molecule has 0 saturated carbocycles. The van der Waals surface area contributed by atoms with E-state index in [2.05, 4.69) is 271 Å². The Labute approximate surface area is 439 Å². The van der Waals surface area contributed by atoms with Crippen molar-refractivity contribution in [1.29, 1.82) is 0 Å². The van der Waals surface area contributed by atoms with Crippen molar-refractivity contribution in [3.8, 4) is 55.6 Å². The minimum atomic E-state index is 0.860. The normalized spacial score (nSPS) is 12.1. The second kappa shape index (κ2) is 16.6. The monoisotopic (exact) mass is 964 g/mol. The Morgan fingerprint density at radius 2 is 0.632 bits per heavy atom. The number of fused-ring (bicyclic) bond motifs is 12. The number of H-pyrrole nitrogens is 1. The SMILES string of the molecule is CCn1c2ccccc2c2cccc(-c3cccc4c(-c5c6cccc(-c7cccc8ccccc78)c6cc6c(-c7cccc8ccccc78)cccc56)c5cccc(-c6cccc7c6[nH]c6ccccc67)c5cc34)c21. The van der Waals surface area contributed by atoms with E-state index in [0.29, 0.717) is 0 Å². The summed E-state index contributed by atoms with van der Waals surface area (Å²) in [5.74, 6) is 0. The summed E-state index contributed by atoms with van der Waals surface area (Å²) in [6.07, 6.45) is 0. The maximum atomic E-state index is 3.89. The van der Waals surface area contributed by atoms with Gasteiger partial charge in [-0.3, -0.25) is 0 Å². The average molecular weight is 965 g/mol. The molecular formula is C74H48N2. The lowest BCUT2D eigenvalue weighted by Gasteiger charge is -2.22. The predicted octanol–water partition coefficient (Wildman–Crippen LogP) is 20.7. The number of benzene rings is 14. The smallest absolute Gasteiger partial charge is 0.0571 e. The fraction of sp³-hybridized carbons (Fsp3) is 0.0270. The molecule has 0 unspecified atom stereocenters. The van der Waals surface area contributed by atoms with Gasteiger partial charge in [-0.05, 0) is 140 Å². The van der Waals surface area contributed by atoms with Gasteiger partial charge in [0.15, 0.2) is 0 Å². The Kier molecular flexibility index (Phi) is 9.35. The van der Waals surface area contributed by atoms with Crippen LogP contribution in [-0.2, 0) is 6.54 Å². The Bertz CT molecular complexity index is 4960. The standard InChI is InChI=1S/C74H48N2/c1-2-76-70-42-10-8-26-56(70)64-40-18-39-63(74(64)76)54-32-16-36-60-68(54)44-67-53(61-37-17-38-62-55-25-7-9-41-69(55)75-73(61)62)31-15-35-59(67)72(60)71-57-33-13-29-51(49-27-11-21-45-19-3-5-23-47(45)49)65(57)43-66-52(30-14-34-58(66)71)50-28-12-22-46-20-4-6-24-48(46)50/h3-44,75H,2H2,1H3. The Hall–Kier alpha value is -9.76. The van der Waals surface area contributed by atoms with Gasteiger partial charge < -0.3 is 9.55 Å². The quantitative estimate of drug-likeness (QED) is 0.160. The van der Waals surface area contributed by atoms with Crippen molar-refractivity contribution in [2.24, 2.45) is 0 Å². The first-order chi connectivity index (χ1) is 37.7. The summed E-state index contributed by atoms with van der Waals surface area (Å²) >= 11 is 0. The fourth-order valence-corrected chi connectivity index (χ4v) is 13.5. The van der Waals surface area contributed by atoms with Gasteiger partial charge in [-0.2, -0.15) is 0 Å². The van der Waals surface area contributed by atoms with Crippen molar-refractivity contribution in [2.75, 3.05) is 0 Å². The van der Waals surface area contributed by atoms with Crippen LogP contribution >= 0.6 is 0 Å².